The van der Waals surface area contributed by atoms with Crippen LogP contribution in [0.2, 0.25) is 0 Å². The van der Waals surface area contributed by atoms with Crippen molar-refractivity contribution >= 4 is 12.3 Å². The summed E-state index contributed by atoms with van der Waals surface area (Å²) in [4.78, 5) is 26.8. The average Bonchev–Trinajstić information content (AvgIpc) is 3.39. The third-order valence-electron chi connectivity index (χ3n) is 11.4. The summed E-state index contributed by atoms with van der Waals surface area (Å²) in [5, 5.41) is 11.1. The molecule has 0 aromatic heterocycles. The molecule has 7 nitrogen and oxygen atoms in total. The summed E-state index contributed by atoms with van der Waals surface area (Å²) >= 11 is 0. The van der Waals surface area contributed by atoms with Crippen LogP contribution in [0.25, 0.3) is 0 Å². The number of carboxylic acid groups (broad SMARTS) is 1. The van der Waals surface area contributed by atoms with Gasteiger partial charge >= 0.3 is 5.97 Å². The van der Waals surface area contributed by atoms with Gasteiger partial charge in [-0.05, 0) is 69.6 Å². The van der Waals surface area contributed by atoms with Crippen molar-refractivity contribution in [1.29, 1.82) is 0 Å². The third-order valence-corrected chi connectivity index (χ3v) is 11.4. The summed E-state index contributed by atoms with van der Waals surface area (Å²) in [6, 6.07) is 0. The molecule has 2 heterocycles. The molecule has 3 saturated carbocycles. The number of aliphatic carboxylic acids is 1. The van der Waals surface area contributed by atoms with Crippen LogP contribution in [0.4, 0.5) is 0 Å². The quantitative estimate of drug-likeness (QED) is 0.407. The maximum Gasteiger partial charge on any atom is 0.315 e. The molecule has 4 bridgehead atoms. The van der Waals surface area contributed by atoms with Crippen molar-refractivity contribution in [2.45, 2.75) is 104 Å². The molecule has 0 aromatic rings. The van der Waals surface area contributed by atoms with E-state index in [0.29, 0.717) is 31.3 Å². The second kappa shape index (κ2) is 8.36. The molecule has 1 N–H and O–H groups in total. The Bertz CT molecular complexity index is 1000. The molecule has 0 spiro atoms. The van der Waals surface area contributed by atoms with Crippen molar-refractivity contribution in [3.8, 4) is 0 Å². The van der Waals surface area contributed by atoms with E-state index in [2.05, 4.69) is 26.8 Å². The highest BCUT2D eigenvalue weighted by atomic mass is 16.7. The molecule has 206 valence electrons. The molecule has 6 aliphatic rings. The van der Waals surface area contributed by atoms with Gasteiger partial charge in [0.15, 0.2) is 6.29 Å². The molecule has 2 aliphatic heterocycles. The smallest absolute Gasteiger partial charge is 0.315 e. The molecule has 37 heavy (non-hydrogen) atoms. The Hall–Kier alpha value is -1.28. The molecule has 7 heteroatoms. The molecular formula is C30H44O7. The lowest BCUT2D eigenvalue weighted by molar-refractivity contribution is -0.317. The van der Waals surface area contributed by atoms with Gasteiger partial charge in [0, 0.05) is 11.8 Å². The van der Waals surface area contributed by atoms with Crippen LogP contribution in [0.1, 0.15) is 73.6 Å². The first-order chi connectivity index (χ1) is 17.4. The van der Waals surface area contributed by atoms with E-state index in [1.54, 1.807) is 0 Å². The van der Waals surface area contributed by atoms with Crippen LogP contribution in [0.5, 0.6) is 0 Å². The van der Waals surface area contributed by atoms with Crippen molar-refractivity contribution in [3.63, 3.8) is 0 Å². The molecule has 0 amide bonds. The zero-order valence-corrected chi connectivity index (χ0v) is 23.2. The van der Waals surface area contributed by atoms with Crippen molar-refractivity contribution in [1.82, 2.24) is 0 Å². The van der Waals surface area contributed by atoms with Crippen LogP contribution in [0, 0.1) is 45.8 Å². The Balaban J connectivity index is 1.35. The number of rotatable bonds is 6. The average molecular weight is 517 g/mol. The number of hydrogen-bond donors (Lipinski definition) is 1. The van der Waals surface area contributed by atoms with Crippen LogP contribution in [-0.4, -0.2) is 60.8 Å². The van der Waals surface area contributed by atoms with Crippen LogP contribution < -0.4 is 0 Å². The monoisotopic (exact) mass is 516 g/mol. The summed E-state index contributed by atoms with van der Waals surface area (Å²) in [6.07, 6.45) is 6.29. The van der Waals surface area contributed by atoms with Gasteiger partial charge in [-0.1, -0.05) is 38.8 Å². The summed E-state index contributed by atoms with van der Waals surface area (Å²) < 4.78 is 25.3. The van der Waals surface area contributed by atoms with Gasteiger partial charge in [0.05, 0.1) is 36.4 Å². The van der Waals surface area contributed by atoms with E-state index < -0.39 is 28.5 Å². The highest BCUT2D eigenvalue weighted by molar-refractivity contribution is 5.90. The van der Waals surface area contributed by atoms with E-state index in [-0.39, 0.29) is 48.3 Å². The number of carbonyl (C=O) groups is 2. The van der Waals surface area contributed by atoms with Crippen LogP contribution in [0.15, 0.2) is 11.6 Å². The Labute approximate surface area is 220 Å². The zero-order chi connectivity index (χ0) is 26.5. The lowest BCUT2D eigenvalue weighted by Gasteiger charge is -2.58. The maximum atomic E-state index is 13.6. The molecule has 6 rings (SSSR count). The Kier molecular flexibility index (Phi) is 5.87. The molecule has 2 saturated heterocycles. The summed E-state index contributed by atoms with van der Waals surface area (Å²) in [7, 11) is 0. The van der Waals surface area contributed by atoms with Gasteiger partial charge in [-0.15, -0.1) is 0 Å². The maximum absolute atomic E-state index is 13.6. The molecule has 0 aromatic carbocycles. The first-order valence-electron chi connectivity index (χ1n) is 14.4. The van der Waals surface area contributed by atoms with Gasteiger partial charge in [0.2, 0.25) is 0 Å². The molecule has 4 aliphatic carbocycles. The second-order valence-corrected chi connectivity index (χ2v) is 14.0. The van der Waals surface area contributed by atoms with E-state index in [9.17, 15) is 14.7 Å². The van der Waals surface area contributed by atoms with Crippen molar-refractivity contribution in [2.24, 2.45) is 45.8 Å². The van der Waals surface area contributed by atoms with Crippen LogP contribution in [0.3, 0.4) is 0 Å². The Morgan fingerprint density at radius 3 is 2.68 bits per heavy atom. The highest BCUT2D eigenvalue weighted by Crippen LogP contribution is 2.82. The summed E-state index contributed by atoms with van der Waals surface area (Å²) in [5.74, 6) is 0.181. The van der Waals surface area contributed by atoms with Crippen LogP contribution >= 0.6 is 0 Å². The third kappa shape index (κ3) is 3.20. The number of fused-ring (bicyclic) bond motifs is 3. The minimum absolute atomic E-state index is 0.0194. The number of carboxylic acids is 1. The van der Waals surface area contributed by atoms with E-state index >= 15 is 0 Å². The van der Waals surface area contributed by atoms with Gasteiger partial charge in [-0.2, -0.15) is 0 Å². The largest absolute Gasteiger partial charge is 0.481 e. The first-order valence-corrected chi connectivity index (χ1v) is 14.4. The standard InChI is InChI=1S/C30H44O7/c1-16(2)22-9-19-11-28(13-31)21-8-7-17(3)20(21)12-29(19,30(22,28)26(32)33)15-34-24-10-23-25(18(4)36-24)35-14-27(5,6)37-23/h9,13,16-21,23-25H,7-8,10-12,14-15H2,1-6H3,(H,32,33)/t17-,18-,19?,20-,21-,23+,24-,25-,28?,29?,30?/m1/s1. The minimum Gasteiger partial charge on any atom is -0.481 e. The molecule has 0 radical (unpaired) electrons. The second-order valence-electron chi connectivity index (χ2n) is 14.0. The first kappa shape index (κ1) is 26.0. The van der Waals surface area contributed by atoms with Crippen molar-refractivity contribution in [3.05, 3.63) is 11.6 Å². The molecular weight excluding hydrogens is 472 g/mol. The predicted molar refractivity (Wildman–Crippen MR) is 136 cm³/mol. The lowest BCUT2D eigenvalue weighted by Crippen LogP contribution is -2.64. The number of aldehydes is 1. The predicted octanol–water partition coefficient (Wildman–Crippen LogP) is 4.63. The normalized spacial score (nSPS) is 51.5. The minimum atomic E-state index is -1.22. The zero-order valence-electron chi connectivity index (χ0n) is 23.2. The van der Waals surface area contributed by atoms with E-state index in [4.69, 9.17) is 18.9 Å². The van der Waals surface area contributed by atoms with E-state index in [1.807, 2.05) is 20.8 Å². The van der Waals surface area contributed by atoms with Gasteiger partial charge in [-0.25, -0.2) is 0 Å². The van der Waals surface area contributed by atoms with Gasteiger partial charge in [0.1, 0.15) is 17.8 Å². The SMILES string of the molecule is CC(C)C1=CC2CC3(C=O)[C@@H]4CC[C@@H](C)[C@H]4CC2(CO[C@H]2C[C@@H]4OC(C)(C)CO[C@@H]4[C@@H](C)O2)C13C(=O)O. The Morgan fingerprint density at radius 1 is 1.24 bits per heavy atom. The van der Waals surface area contributed by atoms with Crippen molar-refractivity contribution < 1.29 is 33.6 Å². The van der Waals surface area contributed by atoms with Gasteiger partial charge < -0.3 is 28.8 Å². The number of hydrogen-bond acceptors (Lipinski definition) is 6. The highest BCUT2D eigenvalue weighted by Gasteiger charge is 2.84. The fourth-order valence-corrected chi connectivity index (χ4v) is 10.1. The number of carbonyl (C=O) groups excluding carboxylic acids is 1. The fourth-order valence-electron chi connectivity index (χ4n) is 10.1. The lowest BCUT2D eigenvalue weighted by atomic mass is 9.43. The molecule has 4 unspecified atom stereocenters. The fraction of sp³-hybridized carbons (Fsp3) is 0.867. The Morgan fingerprint density at radius 2 is 2.00 bits per heavy atom. The topological polar surface area (TPSA) is 91.3 Å². The molecule has 11 atom stereocenters. The van der Waals surface area contributed by atoms with Gasteiger partial charge in [0.25, 0.3) is 0 Å². The van der Waals surface area contributed by atoms with Crippen molar-refractivity contribution in [2.75, 3.05) is 13.2 Å². The van der Waals surface area contributed by atoms with E-state index in [1.165, 1.54) is 0 Å². The number of ether oxygens (including phenoxy) is 4. The van der Waals surface area contributed by atoms with E-state index in [0.717, 1.165) is 31.1 Å². The summed E-state index contributed by atoms with van der Waals surface area (Å²) in [5.41, 5.74) is -2.16. The summed E-state index contributed by atoms with van der Waals surface area (Å²) in [6.45, 7) is 13.3. The van der Waals surface area contributed by atoms with Gasteiger partial charge in [-0.3, -0.25) is 4.79 Å². The number of allylic oxidation sites excluding steroid dienone is 1. The molecule has 5 fully saturated rings. The van der Waals surface area contributed by atoms with Crippen LogP contribution in [-0.2, 0) is 28.5 Å².